The number of aromatic nitrogens is 2. The molecule has 3 nitrogen and oxygen atoms in total. The fourth-order valence-corrected chi connectivity index (χ4v) is 1.12. The first-order chi connectivity index (χ1) is 5.27. The van der Waals surface area contributed by atoms with Gasteiger partial charge in [-0.2, -0.15) is 0 Å². The van der Waals surface area contributed by atoms with E-state index in [1.807, 2.05) is 26.4 Å². The fourth-order valence-electron chi connectivity index (χ4n) is 0.777. The maximum absolute atomic E-state index is 4.25. The Kier molecular flexibility index (Phi) is 2.70. The van der Waals surface area contributed by atoms with Gasteiger partial charge in [-0.05, 0) is 13.2 Å². The first kappa shape index (κ1) is 8.33. The van der Waals surface area contributed by atoms with Crippen molar-refractivity contribution in [1.82, 2.24) is 9.97 Å². The lowest BCUT2D eigenvalue weighted by Crippen LogP contribution is -1.97. The van der Waals surface area contributed by atoms with Crippen molar-refractivity contribution in [2.45, 2.75) is 12.1 Å². The van der Waals surface area contributed by atoms with Crippen LogP contribution in [0.15, 0.2) is 11.4 Å². The molecule has 0 spiro atoms. The van der Waals surface area contributed by atoms with Crippen LogP contribution in [0, 0.1) is 6.92 Å². The van der Waals surface area contributed by atoms with Gasteiger partial charge in [0, 0.05) is 18.8 Å². The van der Waals surface area contributed by atoms with Gasteiger partial charge in [-0.25, -0.2) is 9.97 Å². The summed E-state index contributed by atoms with van der Waals surface area (Å²) in [6, 6.07) is 0. The molecule has 0 aliphatic rings. The highest BCUT2D eigenvalue weighted by atomic mass is 32.2. The number of aryl methyl sites for hydroxylation is 1. The number of nitrogens with zero attached hydrogens (tertiary/aromatic N) is 2. The Morgan fingerprint density at radius 3 is 2.82 bits per heavy atom. The standard InChI is InChI=1S/C7H11N3S/c1-5-4-9-7(11-3)10-6(5)8-2/h4H,1-3H3,(H,8,9,10). The third kappa shape index (κ3) is 1.83. The zero-order chi connectivity index (χ0) is 8.27. The summed E-state index contributed by atoms with van der Waals surface area (Å²) >= 11 is 1.54. The van der Waals surface area contributed by atoms with Gasteiger partial charge in [-0.3, -0.25) is 0 Å². The molecule has 0 atom stereocenters. The summed E-state index contributed by atoms with van der Waals surface area (Å²) in [5.74, 6) is 0.907. The summed E-state index contributed by atoms with van der Waals surface area (Å²) in [6.45, 7) is 1.98. The SMILES string of the molecule is CNc1nc(SC)ncc1C. The van der Waals surface area contributed by atoms with Gasteiger partial charge in [-0.1, -0.05) is 11.8 Å². The van der Waals surface area contributed by atoms with Gasteiger partial charge in [0.05, 0.1) is 0 Å². The summed E-state index contributed by atoms with van der Waals surface area (Å²) in [4.78, 5) is 8.37. The lowest BCUT2D eigenvalue weighted by molar-refractivity contribution is 0.956. The predicted molar refractivity (Wildman–Crippen MR) is 48.1 cm³/mol. The number of nitrogens with one attached hydrogen (secondary N) is 1. The first-order valence-corrected chi connectivity index (χ1v) is 4.55. The van der Waals surface area contributed by atoms with Gasteiger partial charge in [0.1, 0.15) is 5.82 Å². The number of hydrogen-bond acceptors (Lipinski definition) is 4. The number of thioether (sulfide) groups is 1. The van der Waals surface area contributed by atoms with Crippen LogP contribution in [0.1, 0.15) is 5.56 Å². The van der Waals surface area contributed by atoms with Crippen LogP contribution in [0.3, 0.4) is 0 Å². The smallest absolute Gasteiger partial charge is 0.189 e. The lowest BCUT2D eigenvalue weighted by atomic mass is 10.3. The third-order valence-corrected chi connectivity index (χ3v) is 1.93. The van der Waals surface area contributed by atoms with E-state index in [1.165, 1.54) is 0 Å². The monoisotopic (exact) mass is 169 g/mol. The van der Waals surface area contributed by atoms with Crippen molar-refractivity contribution >= 4 is 17.6 Å². The van der Waals surface area contributed by atoms with Gasteiger partial charge in [0.2, 0.25) is 0 Å². The average Bonchev–Trinajstić information content (AvgIpc) is 2.05. The second kappa shape index (κ2) is 3.57. The normalized spacial score (nSPS) is 9.73. The zero-order valence-corrected chi connectivity index (χ0v) is 7.70. The van der Waals surface area contributed by atoms with Crippen molar-refractivity contribution in [2.24, 2.45) is 0 Å². The second-order valence-electron chi connectivity index (χ2n) is 2.14. The van der Waals surface area contributed by atoms with Crippen LogP contribution in [0.2, 0.25) is 0 Å². The van der Waals surface area contributed by atoms with Crippen molar-refractivity contribution < 1.29 is 0 Å². The topological polar surface area (TPSA) is 37.8 Å². The van der Waals surface area contributed by atoms with E-state index < -0.39 is 0 Å². The van der Waals surface area contributed by atoms with E-state index in [1.54, 1.807) is 11.8 Å². The van der Waals surface area contributed by atoms with E-state index in [2.05, 4.69) is 15.3 Å². The minimum absolute atomic E-state index is 0.806. The van der Waals surface area contributed by atoms with Gasteiger partial charge < -0.3 is 5.32 Å². The summed E-state index contributed by atoms with van der Waals surface area (Å²) in [5, 5.41) is 3.81. The molecule has 0 bridgehead atoms. The zero-order valence-electron chi connectivity index (χ0n) is 6.88. The fraction of sp³-hybridized carbons (Fsp3) is 0.429. The molecule has 1 heterocycles. The molecule has 0 amide bonds. The number of rotatable bonds is 2. The Morgan fingerprint density at radius 1 is 1.55 bits per heavy atom. The highest BCUT2D eigenvalue weighted by molar-refractivity contribution is 7.98. The summed E-state index contributed by atoms with van der Waals surface area (Å²) in [6.07, 6.45) is 3.79. The lowest BCUT2D eigenvalue weighted by Gasteiger charge is -2.03. The molecule has 0 aliphatic carbocycles. The van der Waals surface area contributed by atoms with Gasteiger partial charge in [-0.15, -0.1) is 0 Å². The summed E-state index contributed by atoms with van der Waals surface area (Å²) < 4.78 is 0. The molecule has 4 heteroatoms. The predicted octanol–water partition coefficient (Wildman–Crippen LogP) is 1.55. The quantitative estimate of drug-likeness (QED) is 0.538. The van der Waals surface area contributed by atoms with Gasteiger partial charge >= 0.3 is 0 Å². The van der Waals surface area contributed by atoms with Crippen molar-refractivity contribution in [1.29, 1.82) is 0 Å². The molecule has 1 aromatic rings. The minimum Gasteiger partial charge on any atom is -0.373 e. The summed E-state index contributed by atoms with van der Waals surface area (Å²) in [5.41, 5.74) is 1.07. The maximum Gasteiger partial charge on any atom is 0.189 e. The molecule has 0 saturated heterocycles. The Morgan fingerprint density at radius 2 is 2.27 bits per heavy atom. The van der Waals surface area contributed by atoms with Crippen LogP contribution in [0.4, 0.5) is 5.82 Å². The van der Waals surface area contributed by atoms with E-state index in [9.17, 15) is 0 Å². The molecule has 0 aliphatic heterocycles. The molecular formula is C7H11N3S. The average molecular weight is 169 g/mol. The van der Waals surface area contributed by atoms with Crippen molar-refractivity contribution in [3.05, 3.63) is 11.8 Å². The van der Waals surface area contributed by atoms with E-state index in [4.69, 9.17) is 0 Å². The number of anilines is 1. The molecule has 0 fully saturated rings. The summed E-state index contributed by atoms with van der Waals surface area (Å²) in [7, 11) is 1.86. The molecule has 0 radical (unpaired) electrons. The maximum atomic E-state index is 4.25. The Hall–Kier alpha value is -0.770. The van der Waals surface area contributed by atoms with Crippen LogP contribution in [-0.2, 0) is 0 Å². The molecule has 0 saturated carbocycles. The molecule has 1 N–H and O–H groups in total. The largest absolute Gasteiger partial charge is 0.373 e. The highest BCUT2D eigenvalue weighted by Crippen LogP contribution is 2.14. The van der Waals surface area contributed by atoms with Crippen LogP contribution >= 0.6 is 11.8 Å². The molecule has 1 rings (SSSR count). The van der Waals surface area contributed by atoms with Crippen LogP contribution < -0.4 is 5.32 Å². The highest BCUT2D eigenvalue weighted by Gasteiger charge is 1.99. The van der Waals surface area contributed by atoms with E-state index in [0.29, 0.717) is 0 Å². The Balaban J connectivity index is 3.02. The van der Waals surface area contributed by atoms with Crippen molar-refractivity contribution in [2.75, 3.05) is 18.6 Å². The van der Waals surface area contributed by atoms with E-state index >= 15 is 0 Å². The van der Waals surface area contributed by atoms with Crippen molar-refractivity contribution in [3.63, 3.8) is 0 Å². The Bertz CT molecular complexity index is 249. The molecule has 11 heavy (non-hydrogen) atoms. The van der Waals surface area contributed by atoms with Crippen molar-refractivity contribution in [3.8, 4) is 0 Å². The second-order valence-corrected chi connectivity index (χ2v) is 2.91. The van der Waals surface area contributed by atoms with E-state index in [-0.39, 0.29) is 0 Å². The minimum atomic E-state index is 0.806. The van der Waals surface area contributed by atoms with Gasteiger partial charge in [0.15, 0.2) is 5.16 Å². The number of hydrogen-bond donors (Lipinski definition) is 1. The molecule has 0 aromatic carbocycles. The first-order valence-electron chi connectivity index (χ1n) is 3.33. The molecular weight excluding hydrogens is 158 g/mol. The molecule has 0 unspecified atom stereocenters. The van der Waals surface area contributed by atoms with Crippen LogP contribution in [0.25, 0.3) is 0 Å². The van der Waals surface area contributed by atoms with Gasteiger partial charge in [0.25, 0.3) is 0 Å². The Labute approximate surface area is 70.6 Å². The molecule has 1 aromatic heterocycles. The molecule has 60 valence electrons. The third-order valence-electron chi connectivity index (χ3n) is 1.37. The van der Waals surface area contributed by atoms with Crippen LogP contribution in [-0.4, -0.2) is 23.3 Å². The van der Waals surface area contributed by atoms with E-state index in [0.717, 1.165) is 16.5 Å². The van der Waals surface area contributed by atoms with Crippen LogP contribution in [0.5, 0.6) is 0 Å².